The van der Waals surface area contributed by atoms with Crippen molar-refractivity contribution in [3.05, 3.63) is 28.8 Å². The fraction of sp³-hybridized carbons (Fsp3) is 0.667. The lowest BCUT2D eigenvalue weighted by Gasteiger charge is -2.21. The molecule has 118 valence electrons. The normalized spacial score (nSPS) is 16.3. The highest BCUT2D eigenvalue weighted by atomic mass is 16.5. The van der Waals surface area contributed by atoms with Crippen LogP contribution in [0.3, 0.4) is 0 Å². The Morgan fingerprint density at radius 1 is 1.14 bits per heavy atom. The Hall–Kier alpha value is -1.06. The molecule has 0 bridgehead atoms. The summed E-state index contributed by atoms with van der Waals surface area (Å²) < 4.78 is 5.92. The number of benzene rings is 1. The molecule has 0 unspecified atom stereocenters. The molecule has 3 heteroatoms. The average Bonchev–Trinajstić information content (AvgIpc) is 2.49. The minimum atomic E-state index is 0.416. The summed E-state index contributed by atoms with van der Waals surface area (Å²) in [5, 5.41) is 13.2. The molecule has 1 aliphatic carbocycles. The Morgan fingerprint density at radius 3 is 2.48 bits per heavy atom. The van der Waals surface area contributed by atoms with Gasteiger partial charge in [-0.1, -0.05) is 31.4 Å². The van der Waals surface area contributed by atoms with Crippen molar-refractivity contribution in [2.24, 2.45) is 0 Å². The van der Waals surface area contributed by atoms with E-state index in [0.29, 0.717) is 11.9 Å². The van der Waals surface area contributed by atoms with Crippen LogP contribution in [-0.4, -0.2) is 24.4 Å². The quantitative estimate of drug-likeness (QED) is 0.750. The van der Waals surface area contributed by atoms with Gasteiger partial charge in [0.2, 0.25) is 0 Å². The van der Waals surface area contributed by atoms with Gasteiger partial charge in [-0.25, -0.2) is 0 Å². The first-order valence-corrected chi connectivity index (χ1v) is 8.28. The number of rotatable bonds is 7. The second-order valence-electron chi connectivity index (χ2n) is 6.24. The van der Waals surface area contributed by atoms with E-state index >= 15 is 0 Å². The van der Waals surface area contributed by atoms with Crippen LogP contribution in [0.25, 0.3) is 0 Å². The molecule has 2 rings (SSSR count). The largest absolute Gasteiger partial charge is 0.507 e. The minimum absolute atomic E-state index is 0.416. The van der Waals surface area contributed by atoms with Crippen LogP contribution in [0.15, 0.2) is 12.1 Å². The Kier molecular flexibility index (Phi) is 6.52. The summed E-state index contributed by atoms with van der Waals surface area (Å²) in [4.78, 5) is 0. The lowest BCUT2D eigenvalue weighted by Crippen LogP contribution is -2.20. The first-order chi connectivity index (χ1) is 10.2. The van der Waals surface area contributed by atoms with E-state index in [9.17, 15) is 5.11 Å². The summed E-state index contributed by atoms with van der Waals surface area (Å²) >= 11 is 0. The van der Waals surface area contributed by atoms with Crippen LogP contribution in [0.2, 0.25) is 0 Å². The van der Waals surface area contributed by atoms with Gasteiger partial charge in [0, 0.05) is 13.2 Å². The van der Waals surface area contributed by atoms with Gasteiger partial charge < -0.3 is 15.2 Å². The molecule has 0 aliphatic heterocycles. The molecule has 0 radical (unpaired) electrons. The molecule has 0 saturated heterocycles. The number of nitrogens with one attached hydrogen (secondary N) is 1. The summed E-state index contributed by atoms with van der Waals surface area (Å²) in [5.41, 5.74) is 3.14. The predicted octanol–water partition coefficient (Wildman–Crippen LogP) is 3.84. The van der Waals surface area contributed by atoms with E-state index < -0.39 is 0 Å². The third kappa shape index (κ3) is 5.33. The van der Waals surface area contributed by atoms with E-state index in [0.717, 1.165) is 37.2 Å². The minimum Gasteiger partial charge on any atom is -0.507 e. The maximum Gasteiger partial charge on any atom is 0.121 e. The van der Waals surface area contributed by atoms with E-state index in [1.165, 1.54) is 37.7 Å². The lowest BCUT2D eigenvalue weighted by atomic mass is 9.98. The first-order valence-electron chi connectivity index (χ1n) is 8.28. The number of aryl methyl sites for hydroxylation is 2. The Bertz CT molecular complexity index is 416. The van der Waals surface area contributed by atoms with Crippen molar-refractivity contribution in [2.75, 3.05) is 13.2 Å². The van der Waals surface area contributed by atoms with Gasteiger partial charge in [0.25, 0.3) is 0 Å². The molecule has 0 amide bonds. The topological polar surface area (TPSA) is 41.5 Å². The number of phenolic OH excluding ortho intramolecular Hbond substituents is 1. The summed E-state index contributed by atoms with van der Waals surface area (Å²) in [6.07, 6.45) is 8.13. The van der Waals surface area contributed by atoms with Gasteiger partial charge in [-0.2, -0.15) is 0 Å². The van der Waals surface area contributed by atoms with Gasteiger partial charge in [0.05, 0.1) is 6.10 Å². The van der Waals surface area contributed by atoms with Gasteiger partial charge in [-0.15, -0.1) is 0 Å². The van der Waals surface area contributed by atoms with Gasteiger partial charge in [0.15, 0.2) is 0 Å². The van der Waals surface area contributed by atoms with Gasteiger partial charge in [-0.05, 0) is 56.3 Å². The van der Waals surface area contributed by atoms with Crippen molar-refractivity contribution in [3.63, 3.8) is 0 Å². The van der Waals surface area contributed by atoms with Gasteiger partial charge in [0.1, 0.15) is 5.75 Å². The van der Waals surface area contributed by atoms with E-state index in [2.05, 4.69) is 5.32 Å². The van der Waals surface area contributed by atoms with Crippen LogP contribution in [0.5, 0.6) is 5.75 Å². The maximum atomic E-state index is 9.76. The molecule has 2 N–H and O–H groups in total. The molecule has 1 aromatic rings. The first kappa shape index (κ1) is 16.3. The second kappa shape index (κ2) is 8.40. The zero-order valence-corrected chi connectivity index (χ0v) is 13.5. The van der Waals surface area contributed by atoms with Crippen molar-refractivity contribution in [2.45, 2.75) is 65.0 Å². The molecular formula is C18H29NO2. The highest BCUT2D eigenvalue weighted by Crippen LogP contribution is 2.23. The third-order valence-corrected chi connectivity index (χ3v) is 4.28. The molecule has 0 atom stereocenters. The SMILES string of the molecule is Cc1cc(CNCCCOC2CCCCC2)cc(C)c1O. The van der Waals surface area contributed by atoms with Crippen LogP contribution >= 0.6 is 0 Å². The van der Waals surface area contributed by atoms with Gasteiger partial charge >= 0.3 is 0 Å². The van der Waals surface area contributed by atoms with Crippen molar-refractivity contribution >= 4 is 0 Å². The summed E-state index contributed by atoms with van der Waals surface area (Å²) in [6, 6.07) is 4.10. The summed E-state index contributed by atoms with van der Waals surface area (Å²) in [5.74, 6) is 0.416. The number of hydrogen-bond donors (Lipinski definition) is 2. The standard InChI is InChI=1S/C18H29NO2/c1-14-11-16(12-15(2)18(14)20)13-19-9-6-10-21-17-7-4-3-5-8-17/h11-12,17,19-20H,3-10,13H2,1-2H3. The highest BCUT2D eigenvalue weighted by Gasteiger charge is 2.12. The van der Waals surface area contributed by atoms with Crippen molar-refractivity contribution in [1.29, 1.82) is 0 Å². The van der Waals surface area contributed by atoms with E-state index in [-0.39, 0.29) is 0 Å². The van der Waals surface area contributed by atoms with E-state index in [1.54, 1.807) is 0 Å². The Balaban J connectivity index is 1.59. The summed E-state index contributed by atoms with van der Waals surface area (Å²) in [6.45, 7) is 6.59. The van der Waals surface area contributed by atoms with E-state index in [1.807, 2.05) is 26.0 Å². The van der Waals surface area contributed by atoms with Gasteiger partial charge in [-0.3, -0.25) is 0 Å². The number of phenols is 1. The van der Waals surface area contributed by atoms with Crippen LogP contribution in [-0.2, 0) is 11.3 Å². The zero-order chi connectivity index (χ0) is 15.1. The van der Waals surface area contributed by atoms with Crippen LogP contribution < -0.4 is 5.32 Å². The Morgan fingerprint density at radius 2 is 1.81 bits per heavy atom. The van der Waals surface area contributed by atoms with E-state index in [4.69, 9.17) is 4.74 Å². The number of ether oxygens (including phenoxy) is 1. The average molecular weight is 291 g/mol. The fourth-order valence-corrected chi connectivity index (χ4v) is 3.06. The molecule has 1 fully saturated rings. The highest BCUT2D eigenvalue weighted by molar-refractivity contribution is 5.42. The summed E-state index contributed by atoms with van der Waals surface area (Å²) in [7, 11) is 0. The van der Waals surface area contributed by atoms with Crippen molar-refractivity contribution in [1.82, 2.24) is 5.32 Å². The molecular weight excluding hydrogens is 262 g/mol. The zero-order valence-electron chi connectivity index (χ0n) is 13.5. The molecule has 0 heterocycles. The monoisotopic (exact) mass is 291 g/mol. The number of hydrogen-bond acceptors (Lipinski definition) is 3. The predicted molar refractivity (Wildman–Crippen MR) is 86.7 cm³/mol. The molecule has 1 aromatic carbocycles. The Labute approximate surface area is 128 Å². The van der Waals surface area contributed by atoms with Crippen molar-refractivity contribution < 1.29 is 9.84 Å². The molecule has 3 nitrogen and oxygen atoms in total. The third-order valence-electron chi connectivity index (χ3n) is 4.28. The smallest absolute Gasteiger partial charge is 0.121 e. The van der Waals surface area contributed by atoms with Crippen LogP contribution in [0, 0.1) is 13.8 Å². The molecule has 0 spiro atoms. The lowest BCUT2D eigenvalue weighted by molar-refractivity contribution is 0.0273. The molecule has 1 saturated carbocycles. The molecule has 1 aliphatic rings. The molecule has 0 aromatic heterocycles. The molecule has 21 heavy (non-hydrogen) atoms. The maximum absolute atomic E-state index is 9.76. The fourth-order valence-electron chi connectivity index (χ4n) is 3.06. The second-order valence-corrected chi connectivity index (χ2v) is 6.24. The number of aromatic hydroxyl groups is 1. The van der Waals surface area contributed by atoms with Crippen molar-refractivity contribution in [3.8, 4) is 5.75 Å². The van der Waals surface area contributed by atoms with Crippen LogP contribution in [0.4, 0.5) is 0 Å². The van der Waals surface area contributed by atoms with Crippen LogP contribution in [0.1, 0.15) is 55.2 Å².